The van der Waals surface area contributed by atoms with Crippen LogP contribution in [0.5, 0.6) is 0 Å². The summed E-state index contributed by atoms with van der Waals surface area (Å²) < 4.78 is 5.95. The molecule has 0 spiro atoms. The number of hydrogen-bond acceptors (Lipinski definition) is 2. The maximum absolute atomic E-state index is 5.95. The van der Waals surface area contributed by atoms with Gasteiger partial charge in [-0.3, -0.25) is 0 Å². The highest BCUT2D eigenvalue weighted by molar-refractivity contribution is 4.95. The molecule has 2 aliphatic rings. The van der Waals surface area contributed by atoms with Crippen LogP contribution in [0.3, 0.4) is 0 Å². The fourth-order valence-corrected chi connectivity index (χ4v) is 3.25. The third-order valence-electron chi connectivity index (χ3n) is 4.00. The molecule has 15 heavy (non-hydrogen) atoms. The first-order valence-electron chi connectivity index (χ1n) is 6.74. The molecule has 4 atom stereocenters. The van der Waals surface area contributed by atoms with Gasteiger partial charge in [0.2, 0.25) is 0 Å². The zero-order valence-corrected chi connectivity index (χ0v) is 10.2. The van der Waals surface area contributed by atoms with Crippen molar-refractivity contribution in [2.45, 2.75) is 70.6 Å². The van der Waals surface area contributed by atoms with E-state index < -0.39 is 0 Å². The summed E-state index contributed by atoms with van der Waals surface area (Å²) in [5, 5.41) is 3.66. The molecule has 2 rings (SSSR count). The minimum atomic E-state index is 0.580. The van der Waals surface area contributed by atoms with Gasteiger partial charge in [-0.25, -0.2) is 0 Å². The van der Waals surface area contributed by atoms with Crippen molar-refractivity contribution in [2.75, 3.05) is 6.54 Å². The topological polar surface area (TPSA) is 21.3 Å². The number of fused-ring (bicyclic) bond motifs is 2. The minimum absolute atomic E-state index is 0.580. The Labute approximate surface area is 93.8 Å². The van der Waals surface area contributed by atoms with E-state index in [-0.39, 0.29) is 0 Å². The van der Waals surface area contributed by atoms with Crippen molar-refractivity contribution in [3.63, 3.8) is 0 Å². The van der Waals surface area contributed by atoms with Crippen molar-refractivity contribution in [3.8, 4) is 0 Å². The fourth-order valence-electron chi connectivity index (χ4n) is 3.25. The summed E-state index contributed by atoms with van der Waals surface area (Å²) in [4.78, 5) is 0. The maximum Gasteiger partial charge on any atom is 0.0623 e. The number of hydrogen-bond donors (Lipinski definition) is 1. The van der Waals surface area contributed by atoms with Gasteiger partial charge in [0.15, 0.2) is 0 Å². The third-order valence-corrected chi connectivity index (χ3v) is 4.00. The Hall–Kier alpha value is -0.0800. The van der Waals surface area contributed by atoms with Crippen LogP contribution >= 0.6 is 0 Å². The Bertz CT molecular complexity index is 195. The molecule has 2 bridgehead atoms. The fraction of sp³-hybridized carbons (Fsp3) is 1.00. The van der Waals surface area contributed by atoms with Gasteiger partial charge in [-0.05, 0) is 32.2 Å². The van der Waals surface area contributed by atoms with E-state index in [0.717, 1.165) is 12.5 Å². The standard InChI is InChI=1S/C13H25NO/c1-3-5-6-12(14-4-2)11-9-10-7-8-13(11)15-10/h10-14H,3-9H2,1-2H3. The lowest BCUT2D eigenvalue weighted by Crippen LogP contribution is -2.40. The molecule has 2 nitrogen and oxygen atoms in total. The van der Waals surface area contributed by atoms with Gasteiger partial charge in [-0.2, -0.15) is 0 Å². The van der Waals surface area contributed by atoms with E-state index in [1.165, 1.54) is 38.5 Å². The second kappa shape index (κ2) is 5.31. The van der Waals surface area contributed by atoms with Crippen LogP contribution in [0.2, 0.25) is 0 Å². The highest BCUT2D eigenvalue weighted by Crippen LogP contribution is 2.41. The summed E-state index contributed by atoms with van der Waals surface area (Å²) in [5.41, 5.74) is 0. The molecule has 0 aromatic rings. The van der Waals surface area contributed by atoms with Crippen molar-refractivity contribution in [1.82, 2.24) is 5.32 Å². The average Bonchev–Trinajstić information content (AvgIpc) is 2.85. The Morgan fingerprint density at radius 1 is 1.33 bits per heavy atom. The quantitative estimate of drug-likeness (QED) is 0.729. The molecule has 2 heteroatoms. The monoisotopic (exact) mass is 211 g/mol. The molecular formula is C13H25NO. The molecule has 2 heterocycles. The Morgan fingerprint density at radius 2 is 2.20 bits per heavy atom. The molecule has 0 saturated carbocycles. The van der Waals surface area contributed by atoms with E-state index in [1.807, 2.05) is 0 Å². The third kappa shape index (κ3) is 2.54. The van der Waals surface area contributed by atoms with Crippen LogP contribution in [0.15, 0.2) is 0 Å². The van der Waals surface area contributed by atoms with Crippen LogP contribution in [0.25, 0.3) is 0 Å². The molecule has 2 saturated heterocycles. The van der Waals surface area contributed by atoms with Gasteiger partial charge in [-0.1, -0.05) is 26.7 Å². The molecule has 4 unspecified atom stereocenters. The summed E-state index contributed by atoms with van der Waals surface area (Å²) in [7, 11) is 0. The number of rotatable bonds is 6. The number of nitrogens with one attached hydrogen (secondary N) is 1. The Kier molecular flexibility index (Phi) is 4.04. The van der Waals surface area contributed by atoms with Crippen LogP contribution in [0, 0.1) is 5.92 Å². The van der Waals surface area contributed by atoms with Crippen LogP contribution in [0.4, 0.5) is 0 Å². The van der Waals surface area contributed by atoms with Gasteiger partial charge in [-0.15, -0.1) is 0 Å². The predicted octanol–water partition coefficient (Wildman–Crippen LogP) is 2.72. The van der Waals surface area contributed by atoms with Gasteiger partial charge in [0.05, 0.1) is 12.2 Å². The van der Waals surface area contributed by atoms with Gasteiger partial charge in [0.25, 0.3) is 0 Å². The van der Waals surface area contributed by atoms with Crippen LogP contribution < -0.4 is 5.32 Å². The van der Waals surface area contributed by atoms with Crippen LogP contribution in [0.1, 0.15) is 52.4 Å². The van der Waals surface area contributed by atoms with Gasteiger partial charge < -0.3 is 10.1 Å². The zero-order chi connectivity index (χ0) is 10.7. The second-order valence-corrected chi connectivity index (χ2v) is 5.08. The average molecular weight is 211 g/mol. The van der Waals surface area contributed by atoms with Gasteiger partial charge in [0, 0.05) is 12.0 Å². The summed E-state index contributed by atoms with van der Waals surface area (Å²) in [5.74, 6) is 0.801. The summed E-state index contributed by atoms with van der Waals surface area (Å²) >= 11 is 0. The smallest absolute Gasteiger partial charge is 0.0623 e. The molecular weight excluding hydrogens is 186 g/mol. The minimum Gasteiger partial charge on any atom is -0.375 e. The van der Waals surface area contributed by atoms with E-state index in [4.69, 9.17) is 4.74 Å². The van der Waals surface area contributed by atoms with E-state index >= 15 is 0 Å². The summed E-state index contributed by atoms with van der Waals surface area (Å²) in [6, 6.07) is 0.713. The van der Waals surface area contributed by atoms with Gasteiger partial charge >= 0.3 is 0 Å². The molecule has 2 aliphatic heterocycles. The first-order chi connectivity index (χ1) is 7.35. The van der Waals surface area contributed by atoms with Crippen molar-refractivity contribution in [2.24, 2.45) is 5.92 Å². The largest absolute Gasteiger partial charge is 0.375 e. The Morgan fingerprint density at radius 3 is 2.73 bits per heavy atom. The molecule has 0 aromatic carbocycles. The summed E-state index contributed by atoms with van der Waals surface area (Å²) in [6.45, 7) is 5.59. The van der Waals surface area contributed by atoms with Crippen molar-refractivity contribution < 1.29 is 4.74 Å². The first-order valence-corrected chi connectivity index (χ1v) is 6.74. The molecule has 2 fully saturated rings. The Balaban J connectivity index is 1.86. The maximum atomic E-state index is 5.95. The highest BCUT2D eigenvalue weighted by Gasteiger charge is 2.43. The molecule has 0 radical (unpaired) electrons. The highest BCUT2D eigenvalue weighted by atomic mass is 16.5. The lowest BCUT2D eigenvalue weighted by atomic mass is 9.82. The molecule has 88 valence electrons. The van der Waals surface area contributed by atoms with Crippen molar-refractivity contribution in [3.05, 3.63) is 0 Å². The van der Waals surface area contributed by atoms with E-state index in [9.17, 15) is 0 Å². The molecule has 0 amide bonds. The number of unbranched alkanes of at least 4 members (excludes halogenated alkanes) is 1. The van der Waals surface area contributed by atoms with Crippen molar-refractivity contribution in [1.29, 1.82) is 0 Å². The zero-order valence-electron chi connectivity index (χ0n) is 10.2. The SMILES string of the molecule is CCCCC(NCC)C1CC2CCC1O2. The number of ether oxygens (including phenoxy) is 1. The first kappa shape index (κ1) is 11.4. The van der Waals surface area contributed by atoms with Gasteiger partial charge in [0.1, 0.15) is 0 Å². The lowest BCUT2D eigenvalue weighted by molar-refractivity contribution is 0.0849. The normalized spacial score (nSPS) is 36.0. The van der Waals surface area contributed by atoms with Crippen LogP contribution in [-0.2, 0) is 4.74 Å². The summed E-state index contributed by atoms with van der Waals surface area (Å²) in [6.07, 6.45) is 9.11. The van der Waals surface area contributed by atoms with E-state index in [1.54, 1.807) is 0 Å². The molecule has 0 aromatic heterocycles. The van der Waals surface area contributed by atoms with Crippen molar-refractivity contribution >= 4 is 0 Å². The predicted molar refractivity (Wildman–Crippen MR) is 63.0 cm³/mol. The second-order valence-electron chi connectivity index (χ2n) is 5.08. The van der Waals surface area contributed by atoms with E-state index in [0.29, 0.717) is 18.2 Å². The molecule has 0 aliphatic carbocycles. The van der Waals surface area contributed by atoms with Crippen LogP contribution in [-0.4, -0.2) is 24.8 Å². The molecule has 1 N–H and O–H groups in total. The van der Waals surface area contributed by atoms with E-state index in [2.05, 4.69) is 19.2 Å². The lowest BCUT2D eigenvalue weighted by Gasteiger charge is -2.29.